The highest BCUT2D eigenvalue weighted by atomic mass is 32.2. The van der Waals surface area contributed by atoms with Crippen LogP contribution >= 0.6 is 11.8 Å². The minimum Gasteiger partial charge on any atom is -0.377 e. The molecule has 3 aromatic rings. The standard InChI is InChI=1S/C31H35F3N2OS/c1-17-12-18(2)30-28(17)22(16-37-30)13-23-14-26-27(35-23)15-25(31(32,33)34)29(36-26)21-6-4-19(5-7-21)20-8-10-24(38-3)11-9-20/h4-8,10,14-15,17-18,20,22,24,28,30,35H,9,11-13,16H2,1-3H3. The Hall–Kier alpha value is -2.25. The lowest BCUT2D eigenvalue weighted by molar-refractivity contribution is -0.137. The van der Waals surface area contributed by atoms with Gasteiger partial charge in [-0.2, -0.15) is 24.9 Å². The van der Waals surface area contributed by atoms with E-state index in [1.807, 2.05) is 30.0 Å². The normalized spacial score (nSPS) is 31.3. The van der Waals surface area contributed by atoms with Crippen LogP contribution in [0.1, 0.15) is 55.8 Å². The molecule has 6 rings (SSSR count). The fourth-order valence-electron chi connectivity index (χ4n) is 7.23. The number of pyridine rings is 1. The summed E-state index contributed by atoms with van der Waals surface area (Å²) in [6, 6.07) is 10.7. The molecule has 2 fully saturated rings. The molecule has 7 heteroatoms. The molecule has 1 aromatic carbocycles. The molecule has 7 atom stereocenters. The molecule has 7 unspecified atom stereocenters. The van der Waals surface area contributed by atoms with Gasteiger partial charge in [0, 0.05) is 22.4 Å². The number of nitrogens with one attached hydrogen (secondary N) is 1. The molecule has 2 aromatic heterocycles. The quantitative estimate of drug-likeness (QED) is 0.331. The third-order valence-corrected chi connectivity index (χ3v) is 10.1. The monoisotopic (exact) mass is 540 g/mol. The number of aromatic nitrogens is 2. The third kappa shape index (κ3) is 4.81. The van der Waals surface area contributed by atoms with Gasteiger partial charge in [-0.05, 0) is 73.3 Å². The van der Waals surface area contributed by atoms with Crippen molar-refractivity contribution < 1.29 is 17.9 Å². The van der Waals surface area contributed by atoms with Crippen LogP contribution in [0.3, 0.4) is 0 Å². The molecule has 1 N–H and O–H groups in total. The Bertz CT molecular complexity index is 1330. The van der Waals surface area contributed by atoms with Crippen LogP contribution in [0.25, 0.3) is 22.3 Å². The first kappa shape index (κ1) is 26.0. The Morgan fingerprint density at radius 1 is 1.05 bits per heavy atom. The summed E-state index contributed by atoms with van der Waals surface area (Å²) in [5.41, 5.74) is 2.87. The largest absolute Gasteiger partial charge is 0.418 e. The lowest BCUT2D eigenvalue weighted by atomic mass is 9.83. The van der Waals surface area contributed by atoms with Crippen molar-refractivity contribution in [1.29, 1.82) is 0 Å². The number of benzene rings is 1. The van der Waals surface area contributed by atoms with Crippen molar-refractivity contribution in [3.05, 3.63) is 65.4 Å². The lowest BCUT2D eigenvalue weighted by Gasteiger charge is -2.22. The predicted molar refractivity (Wildman–Crippen MR) is 148 cm³/mol. The second-order valence-electron chi connectivity index (χ2n) is 11.6. The highest BCUT2D eigenvalue weighted by Crippen LogP contribution is 2.48. The van der Waals surface area contributed by atoms with Gasteiger partial charge in [-0.15, -0.1) is 0 Å². The number of H-pyrrole nitrogens is 1. The van der Waals surface area contributed by atoms with E-state index in [9.17, 15) is 13.2 Å². The van der Waals surface area contributed by atoms with Gasteiger partial charge < -0.3 is 9.72 Å². The number of hydrogen-bond acceptors (Lipinski definition) is 3. The molecule has 3 nitrogen and oxygen atoms in total. The lowest BCUT2D eigenvalue weighted by Crippen LogP contribution is -2.22. The smallest absolute Gasteiger partial charge is 0.377 e. The number of aromatic amines is 1. The van der Waals surface area contributed by atoms with E-state index in [-0.39, 0.29) is 5.69 Å². The fraction of sp³-hybridized carbons (Fsp3) is 0.516. The summed E-state index contributed by atoms with van der Waals surface area (Å²) in [6.45, 7) is 5.27. The van der Waals surface area contributed by atoms with Crippen molar-refractivity contribution in [2.75, 3.05) is 12.9 Å². The second kappa shape index (κ2) is 10.1. The van der Waals surface area contributed by atoms with Crippen LogP contribution < -0.4 is 0 Å². The van der Waals surface area contributed by atoms with E-state index < -0.39 is 11.7 Å². The van der Waals surface area contributed by atoms with Crippen molar-refractivity contribution in [1.82, 2.24) is 9.97 Å². The molecule has 1 saturated carbocycles. The molecule has 0 amide bonds. The number of allylic oxidation sites excluding steroid dienone is 1. The number of fused-ring (bicyclic) bond motifs is 2. The number of thioether (sulfide) groups is 1. The zero-order chi connectivity index (χ0) is 26.6. The maximum atomic E-state index is 14.2. The van der Waals surface area contributed by atoms with Crippen LogP contribution in [0.15, 0.2) is 48.6 Å². The maximum Gasteiger partial charge on any atom is 0.418 e. The van der Waals surface area contributed by atoms with E-state index in [0.717, 1.165) is 30.5 Å². The molecule has 202 valence electrons. The summed E-state index contributed by atoms with van der Waals surface area (Å²) in [7, 11) is 0. The van der Waals surface area contributed by atoms with Gasteiger partial charge in [0.1, 0.15) is 0 Å². The van der Waals surface area contributed by atoms with Crippen molar-refractivity contribution in [3.63, 3.8) is 0 Å². The van der Waals surface area contributed by atoms with Crippen molar-refractivity contribution in [2.45, 2.75) is 63.0 Å². The minimum atomic E-state index is -4.50. The van der Waals surface area contributed by atoms with E-state index >= 15 is 0 Å². The summed E-state index contributed by atoms with van der Waals surface area (Å²) >= 11 is 1.85. The number of nitrogens with zero attached hydrogens (tertiary/aromatic N) is 1. The molecule has 38 heavy (non-hydrogen) atoms. The first-order valence-corrected chi connectivity index (χ1v) is 15.0. The Balaban J connectivity index is 1.29. The average molecular weight is 541 g/mol. The molecule has 3 heterocycles. The van der Waals surface area contributed by atoms with Gasteiger partial charge in [-0.1, -0.05) is 50.3 Å². The van der Waals surface area contributed by atoms with E-state index in [1.165, 1.54) is 12.5 Å². The van der Waals surface area contributed by atoms with Gasteiger partial charge in [0.25, 0.3) is 0 Å². The van der Waals surface area contributed by atoms with Crippen molar-refractivity contribution in [2.24, 2.45) is 23.7 Å². The zero-order valence-electron chi connectivity index (χ0n) is 22.1. The van der Waals surface area contributed by atoms with Gasteiger partial charge in [-0.3, -0.25) is 0 Å². The summed E-state index contributed by atoms with van der Waals surface area (Å²) in [5, 5.41) is 0.551. The van der Waals surface area contributed by atoms with E-state index in [0.29, 0.717) is 64.1 Å². The van der Waals surface area contributed by atoms with E-state index in [4.69, 9.17) is 4.74 Å². The van der Waals surface area contributed by atoms with E-state index in [1.54, 1.807) is 12.1 Å². The van der Waals surface area contributed by atoms with Crippen molar-refractivity contribution in [3.8, 4) is 11.3 Å². The van der Waals surface area contributed by atoms with Crippen LogP contribution in [-0.2, 0) is 17.3 Å². The van der Waals surface area contributed by atoms with E-state index in [2.05, 4.69) is 42.2 Å². The second-order valence-corrected chi connectivity index (χ2v) is 12.7. The summed E-state index contributed by atoms with van der Waals surface area (Å²) in [6.07, 6.45) is 6.52. The molecule has 1 aliphatic heterocycles. The molecule has 3 aliphatic rings. The Morgan fingerprint density at radius 2 is 1.84 bits per heavy atom. The maximum absolute atomic E-state index is 14.2. The Labute approximate surface area is 226 Å². The fourth-order valence-corrected chi connectivity index (χ4v) is 7.85. The van der Waals surface area contributed by atoms with Gasteiger partial charge in [-0.25, -0.2) is 4.98 Å². The highest BCUT2D eigenvalue weighted by Gasteiger charge is 2.48. The van der Waals surface area contributed by atoms with Crippen LogP contribution in [0.4, 0.5) is 13.2 Å². The van der Waals surface area contributed by atoms with Crippen LogP contribution in [-0.4, -0.2) is 34.2 Å². The van der Waals surface area contributed by atoms with Crippen molar-refractivity contribution >= 4 is 22.8 Å². The highest BCUT2D eigenvalue weighted by molar-refractivity contribution is 7.99. The summed E-state index contributed by atoms with van der Waals surface area (Å²) in [4.78, 5) is 7.82. The third-order valence-electron chi connectivity index (χ3n) is 9.07. The molecular formula is C31H35F3N2OS. The minimum absolute atomic E-state index is 0.00811. The zero-order valence-corrected chi connectivity index (χ0v) is 22.9. The summed E-state index contributed by atoms with van der Waals surface area (Å²) in [5.74, 6) is 2.36. The molecule has 0 radical (unpaired) electrons. The predicted octanol–water partition coefficient (Wildman–Crippen LogP) is 8.26. The number of halogens is 3. The van der Waals surface area contributed by atoms with Crippen LogP contribution in [0.5, 0.6) is 0 Å². The van der Waals surface area contributed by atoms with Gasteiger partial charge in [0.05, 0.1) is 35.0 Å². The molecule has 0 bridgehead atoms. The molecule has 1 saturated heterocycles. The first-order valence-electron chi connectivity index (χ1n) is 13.7. The number of ether oxygens (including phenoxy) is 1. The van der Waals surface area contributed by atoms with Gasteiger partial charge in [0.2, 0.25) is 0 Å². The van der Waals surface area contributed by atoms with Gasteiger partial charge >= 0.3 is 6.18 Å². The first-order chi connectivity index (χ1) is 18.2. The molecule has 2 aliphatic carbocycles. The summed E-state index contributed by atoms with van der Waals surface area (Å²) < 4.78 is 48.7. The Kier molecular flexibility index (Phi) is 6.88. The molecule has 0 spiro atoms. The number of alkyl halides is 3. The number of hydrogen-bond donors (Lipinski definition) is 1. The molecular weight excluding hydrogens is 505 g/mol. The van der Waals surface area contributed by atoms with Gasteiger partial charge in [0.15, 0.2) is 0 Å². The average Bonchev–Trinajstić information content (AvgIpc) is 3.58. The van der Waals surface area contributed by atoms with Crippen LogP contribution in [0.2, 0.25) is 0 Å². The van der Waals surface area contributed by atoms with Crippen LogP contribution in [0, 0.1) is 23.7 Å². The Morgan fingerprint density at radius 3 is 2.53 bits per heavy atom. The number of rotatable bonds is 5. The SMILES string of the molecule is CSC1C=CC(c2ccc(-c3nc4cc(CC5COC6C(C)CC(C)C56)[nH]c4cc3C(F)(F)F)cc2)CC1. The topological polar surface area (TPSA) is 37.9 Å².